The molecule has 2 unspecified atom stereocenters. The largest absolute Gasteiger partial charge is 0.464 e. The number of hydrogen-bond acceptors (Lipinski definition) is 3. The molecule has 4 nitrogen and oxygen atoms in total. The molecule has 1 amide bonds. The van der Waals surface area contributed by atoms with Gasteiger partial charge >= 0.3 is 0 Å². The summed E-state index contributed by atoms with van der Waals surface area (Å²) < 4.78 is 5.56. The second-order valence-electron chi connectivity index (χ2n) is 5.36. The number of amides is 1. The molecule has 2 rings (SSSR count). The van der Waals surface area contributed by atoms with Crippen LogP contribution < -0.4 is 5.73 Å². The molecule has 18 heavy (non-hydrogen) atoms. The molecule has 1 saturated carbocycles. The Labute approximate surface area is 108 Å². The number of carbonyl (C=O) groups excluding carboxylic acids is 1. The molecule has 100 valence electrons. The first-order chi connectivity index (χ1) is 8.49. The Kier molecular flexibility index (Phi) is 3.76. The number of nitrogens with zero attached hydrogens (tertiary/aromatic N) is 1. The minimum atomic E-state index is -0.137. The summed E-state index contributed by atoms with van der Waals surface area (Å²) in [6.07, 6.45) is 2.19. The lowest BCUT2D eigenvalue weighted by molar-refractivity contribution is -0.137. The van der Waals surface area contributed by atoms with E-state index in [1.165, 1.54) is 0 Å². The summed E-state index contributed by atoms with van der Waals surface area (Å²) in [5.74, 6) is 1.74. The second-order valence-corrected chi connectivity index (χ2v) is 5.36. The Hall–Kier alpha value is -1.29. The van der Waals surface area contributed by atoms with Gasteiger partial charge in [0.2, 0.25) is 5.91 Å². The van der Waals surface area contributed by atoms with Gasteiger partial charge in [-0.3, -0.25) is 4.79 Å². The van der Waals surface area contributed by atoms with Crippen LogP contribution in [0.3, 0.4) is 0 Å². The van der Waals surface area contributed by atoms with Crippen LogP contribution in [-0.2, 0) is 11.3 Å². The predicted octanol–water partition coefficient (Wildman–Crippen LogP) is 2.06. The van der Waals surface area contributed by atoms with E-state index >= 15 is 0 Å². The van der Waals surface area contributed by atoms with Crippen LogP contribution in [0.5, 0.6) is 0 Å². The van der Waals surface area contributed by atoms with Gasteiger partial charge in [0.25, 0.3) is 0 Å². The number of furan rings is 1. The van der Waals surface area contributed by atoms with Crippen LogP contribution in [0.2, 0.25) is 0 Å². The molecule has 4 heteroatoms. The van der Waals surface area contributed by atoms with E-state index in [1.807, 2.05) is 37.8 Å². The molecule has 1 heterocycles. The summed E-state index contributed by atoms with van der Waals surface area (Å²) in [6, 6.07) is 4.13. The van der Waals surface area contributed by atoms with Crippen LogP contribution in [0.1, 0.15) is 38.2 Å². The number of carbonyl (C=O) groups is 1. The average molecular weight is 250 g/mol. The standard InChI is InChI=1S/C14H22N2O2/c1-9-4-7-13(18-9)8-16(12-5-6-12)14(17)10(2)11(3)15/h4,7,10-12H,5-6,8,15H2,1-3H3. The van der Waals surface area contributed by atoms with E-state index in [-0.39, 0.29) is 17.9 Å². The van der Waals surface area contributed by atoms with Crippen molar-refractivity contribution in [3.63, 3.8) is 0 Å². The van der Waals surface area contributed by atoms with E-state index in [9.17, 15) is 4.79 Å². The summed E-state index contributed by atoms with van der Waals surface area (Å²) in [5.41, 5.74) is 5.82. The first kappa shape index (κ1) is 13.1. The Morgan fingerprint density at radius 3 is 2.61 bits per heavy atom. The van der Waals surface area contributed by atoms with E-state index < -0.39 is 0 Å². The van der Waals surface area contributed by atoms with Gasteiger partial charge in [-0.25, -0.2) is 0 Å². The van der Waals surface area contributed by atoms with Crippen molar-refractivity contribution in [1.82, 2.24) is 4.90 Å². The Morgan fingerprint density at radius 2 is 2.17 bits per heavy atom. The predicted molar refractivity (Wildman–Crippen MR) is 69.8 cm³/mol. The van der Waals surface area contributed by atoms with E-state index in [4.69, 9.17) is 10.2 Å². The molecular formula is C14H22N2O2. The van der Waals surface area contributed by atoms with Gasteiger partial charge in [-0.2, -0.15) is 0 Å². The van der Waals surface area contributed by atoms with E-state index in [2.05, 4.69) is 0 Å². The molecule has 0 aromatic carbocycles. The van der Waals surface area contributed by atoms with Crippen molar-refractivity contribution in [1.29, 1.82) is 0 Å². The van der Waals surface area contributed by atoms with Crippen LogP contribution in [-0.4, -0.2) is 22.9 Å². The van der Waals surface area contributed by atoms with Gasteiger partial charge in [0, 0.05) is 12.1 Å². The first-order valence-corrected chi connectivity index (χ1v) is 6.60. The van der Waals surface area contributed by atoms with Crippen molar-refractivity contribution in [2.24, 2.45) is 11.7 Å². The fourth-order valence-electron chi connectivity index (χ4n) is 2.00. The van der Waals surface area contributed by atoms with Crippen LogP contribution in [0.15, 0.2) is 16.5 Å². The van der Waals surface area contributed by atoms with E-state index in [0.29, 0.717) is 12.6 Å². The number of aryl methyl sites for hydroxylation is 1. The highest BCUT2D eigenvalue weighted by atomic mass is 16.3. The maximum Gasteiger partial charge on any atom is 0.227 e. The smallest absolute Gasteiger partial charge is 0.227 e. The van der Waals surface area contributed by atoms with Crippen molar-refractivity contribution in [3.05, 3.63) is 23.7 Å². The molecule has 1 aromatic rings. The molecule has 2 atom stereocenters. The van der Waals surface area contributed by atoms with Crippen LogP contribution in [0.4, 0.5) is 0 Å². The van der Waals surface area contributed by atoms with Crippen molar-refractivity contribution < 1.29 is 9.21 Å². The Balaban J connectivity index is 2.06. The third-order valence-electron chi connectivity index (χ3n) is 3.57. The minimum absolute atomic E-state index is 0.114. The highest BCUT2D eigenvalue weighted by Gasteiger charge is 2.35. The maximum atomic E-state index is 12.4. The lowest BCUT2D eigenvalue weighted by Gasteiger charge is -2.26. The molecule has 1 fully saturated rings. The quantitative estimate of drug-likeness (QED) is 0.870. The molecule has 2 N–H and O–H groups in total. The third kappa shape index (κ3) is 2.93. The third-order valence-corrected chi connectivity index (χ3v) is 3.57. The summed E-state index contributed by atoms with van der Waals surface area (Å²) >= 11 is 0. The van der Waals surface area contributed by atoms with Crippen molar-refractivity contribution in [2.45, 2.75) is 52.2 Å². The number of hydrogen-bond donors (Lipinski definition) is 1. The van der Waals surface area contributed by atoms with Crippen LogP contribution in [0.25, 0.3) is 0 Å². The molecule has 1 aliphatic carbocycles. The number of nitrogens with two attached hydrogens (primary N) is 1. The fourth-order valence-corrected chi connectivity index (χ4v) is 2.00. The van der Waals surface area contributed by atoms with Crippen LogP contribution in [0, 0.1) is 12.8 Å². The number of rotatable bonds is 5. The van der Waals surface area contributed by atoms with E-state index in [0.717, 1.165) is 24.4 Å². The van der Waals surface area contributed by atoms with Gasteiger partial charge in [0.05, 0.1) is 12.5 Å². The van der Waals surface area contributed by atoms with Crippen molar-refractivity contribution in [2.75, 3.05) is 0 Å². The summed E-state index contributed by atoms with van der Waals surface area (Å²) in [7, 11) is 0. The fraction of sp³-hybridized carbons (Fsp3) is 0.643. The molecule has 0 saturated heterocycles. The molecule has 1 aliphatic rings. The zero-order valence-electron chi connectivity index (χ0n) is 11.3. The molecule has 0 radical (unpaired) electrons. The first-order valence-electron chi connectivity index (χ1n) is 6.60. The average Bonchev–Trinajstić information content (AvgIpc) is 3.08. The zero-order valence-corrected chi connectivity index (χ0v) is 11.3. The molecule has 0 bridgehead atoms. The summed E-state index contributed by atoms with van der Waals surface area (Å²) in [4.78, 5) is 14.3. The highest BCUT2D eigenvalue weighted by molar-refractivity contribution is 5.79. The second kappa shape index (κ2) is 5.14. The van der Waals surface area contributed by atoms with Gasteiger partial charge in [-0.15, -0.1) is 0 Å². The Morgan fingerprint density at radius 1 is 1.50 bits per heavy atom. The normalized spacial score (nSPS) is 18.4. The van der Waals surface area contributed by atoms with Gasteiger partial charge in [0.15, 0.2) is 0 Å². The molecule has 1 aromatic heterocycles. The highest BCUT2D eigenvalue weighted by Crippen LogP contribution is 2.30. The van der Waals surface area contributed by atoms with Crippen molar-refractivity contribution >= 4 is 5.91 Å². The SMILES string of the molecule is Cc1ccc(CN(C(=O)C(C)C(C)N)C2CC2)o1. The van der Waals surface area contributed by atoms with Gasteiger partial charge in [0.1, 0.15) is 11.5 Å². The Bertz CT molecular complexity index is 421. The topological polar surface area (TPSA) is 59.5 Å². The van der Waals surface area contributed by atoms with E-state index in [1.54, 1.807) is 0 Å². The monoisotopic (exact) mass is 250 g/mol. The van der Waals surface area contributed by atoms with Gasteiger partial charge < -0.3 is 15.1 Å². The van der Waals surface area contributed by atoms with Crippen molar-refractivity contribution in [3.8, 4) is 0 Å². The maximum absolute atomic E-state index is 12.4. The summed E-state index contributed by atoms with van der Waals surface area (Å²) in [6.45, 7) is 6.26. The van der Waals surface area contributed by atoms with Gasteiger partial charge in [-0.05, 0) is 38.8 Å². The van der Waals surface area contributed by atoms with Crippen LogP contribution >= 0.6 is 0 Å². The van der Waals surface area contributed by atoms with Gasteiger partial charge in [-0.1, -0.05) is 6.92 Å². The lowest BCUT2D eigenvalue weighted by atomic mass is 10.0. The summed E-state index contributed by atoms with van der Waals surface area (Å²) in [5, 5.41) is 0. The zero-order chi connectivity index (χ0) is 13.3. The molecule has 0 aliphatic heterocycles. The molecular weight excluding hydrogens is 228 g/mol. The lowest BCUT2D eigenvalue weighted by Crippen LogP contribution is -2.42. The minimum Gasteiger partial charge on any atom is -0.464 e. The molecule has 0 spiro atoms.